The Morgan fingerprint density at radius 1 is 1.50 bits per heavy atom. The number of nitrogens with one attached hydrogen (secondary N) is 1. The molecule has 104 valence electrons. The van der Waals surface area contributed by atoms with E-state index in [1.807, 2.05) is 6.92 Å². The van der Waals surface area contributed by atoms with Crippen LogP contribution in [0, 0.1) is 6.92 Å². The number of amides is 2. The molecule has 0 spiro atoms. The maximum atomic E-state index is 12.3. The van der Waals surface area contributed by atoms with Crippen LogP contribution in [0.4, 0.5) is 0 Å². The molecule has 20 heavy (non-hydrogen) atoms. The van der Waals surface area contributed by atoms with Gasteiger partial charge in [-0.3, -0.25) is 24.5 Å². The van der Waals surface area contributed by atoms with E-state index in [4.69, 9.17) is 12.2 Å². The van der Waals surface area contributed by atoms with Crippen LogP contribution < -0.4 is 5.32 Å². The molecule has 0 aromatic carbocycles. The first-order chi connectivity index (χ1) is 9.43. The standard InChI is InChI=1S/C13H14N4O2S/c1-4-5-17-12(19)10(11(18)14-13(17)20)6-9-7-16(3)15-8(9)2/h4,6-7H,1,5H2,2-3H3,(H,14,18,20). The predicted molar refractivity (Wildman–Crippen MR) is 78.6 cm³/mol. The highest BCUT2D eigenvalue weighted by molar-refractivity contribution is 7.80. The van der Waals surface area contributed by atoms with Crippen molar-refractivity contribution in [3.63, 3.8) is 0 Å². The number of carbonyl (C=O) groups is 2. The Labute approximate surface area is 121 Å². The summed E-state index contributed by atoms with van der Waals surface area (Å²) < 4.78 is 1.62. The SMILES string of the molecule is C=CCN1C(=O)C(=Cc2cn(C)nc2C)C(=O)NC1=S. The van der Waals surface area contributed by atoms with Crippen LogP contribution in [0.15, 0.2) is 24.4 Å². The van der Waals surface area contributed by atoms with Gasteiger partial charge in [-0.1, -0.05) is 6.08 Å². The van der Waals surface area contributed by atoms with Crippen LogP contribution in [0.1, 0.15) is 11.3 Å². The van der Waals surface area contributed by atoms with Crippen LogP contribution in [0.5, 0.6) is 0 Å². The van der Waals surface area contributed by atoms with Gasteiger partial charge in [0, 0.05) is 25.4 Å². The minimum atomic E-state index is -0.497. The normalized spacial score (nSPS) is 17.6. The van der Waals surface area contributed by atoms with E-state index in [2.05, 4.69) is 17.0 Å². The minimum Gasteiger partial charge on any atom is -0.298 e. The number of nitrogens with zero attached hydrogens (tertiary/aromatic N) is 3. The molecule has 6 nitrogen and oxygen atoms in total. The molecule has 1 aliphatic heterocycles. The summed E-state index contributed by atoms with van der Waals surface area (Å²) in [6.45, 7) is 5.63. The number of rotatable bonds is 3. The molecule has 7 heteroatoms. The van der Waals surface area contributed by atoms with Crippen molar-refractivity contribution >= 4 is 35.2 Å². The monoisotopic (exact) mass is 290 g/mol. The van der Waals surface area contributed by atoms with Crippen molar-refractivity contribution in [1.29, 1.82) is 0 Å². The van der Waals surface area contributed by atoms with Gasteiger partial charge in [0.05, 0.1) is 5.69 Å². The van der Waals surface area contributed by atoms with E-state index in [9.17, 15) is 9.59 Å². The maximum absolute atomic E-state index is 12.3. The lowest BCUT2D eigenvalue weighted by molar-refractivity contribution is -0.128. The summed E-state index contributed by atoms with van der Waals surface area (Å²) in [6, 6.07) is 0. The number of hydrogen-bond donors (Lipinski definition) is 1. The first-order valence-corrected chi connectivity index (χ1v) is 6.35. The lowest BCUT2D eigenvalue weighted by Gasteiger charge is -2.27. The van der Waals surface area contributed by atoms with Crippen molar-refractivity contribution in [3.8, 4) is 0 Å². The van der Waals surface area contributed by atoms with E-state index in [-0.39, 0.29) is 17.2 Å². The van der Waals surface area contributed by atoms with Gasteiger partial charge in [0.1, 0.15) is 5.57 Å². The van der Waals surface area contributed by atoms with Crippen molar-refractivity contribution in [3.05, 3.63) is 35.7 Å². The summed E-state index contributed by atoms with van der Waals surface area (Å²) in [6.07, 6.45) is 4.82. The molecule has 1 aromatic rings. The third-order valence-electron chi connectivity index (χ3n) is 2.85. The smallest absolute Gasteiger partial charge is 0.265 e. The third kappa shape index (κ3) is 2.53. The molecular formula is C13H14N4O2S. The molecule has 1 N–H and O–H groups in total. The second kappa shape index (κ2) is 5.38. The summed E-state index contributed by atoms with van der Waals surface area (Å²) in [5.74, 6) is -0.925. The van der Waals surface area contributed by atoms with Crippen LogP contribution in [-0.2, 0) is 16.6 Å². The average molecular weight is 290 g/mol. The van der Waals surface area contributed by atoms with Crippen molar-refractivity contribution < 1.29 is 9.59 Å². The largest absolute Gasteiger partial charge is 0.298 e. The van der Waals surface area contributed by atoms with E-state index in [1.165, 1.54) is 11.0 Å². The second-order valence-electron chi connectivity index (χ2n) is 4.37. The van der Waals surface area contributed by atoms with Gasteiger partial charge in [0.25, 0.3) is 11.8 Å². The Balaban J connectivity index is 2.41. The van der Waals surface area contributed by atoms with Gasteiger partial charge in [-0.05, 0) is 25.2 Å². The van der Waals surface area contributed by atoms with Gasteiger partial charge in [-0.2, -0.15) is 5.10 Å². The van der Waals surface area contributed by atoms with Crippen molar-refractivity contribution in [2.24, 2.45) is 7.05 Å². The molecule has 1 aromatic heterocycles. The van der Waals surface area contributed by atoms with Gasteiger partial charge in [-0.25, -0.2) is 0 Å². The Bertz CT molecular complexity index is 645. The van der Waals surface area contributed by atoms with Crippen LogP contribution in [0.3, 0.4) is 0 Å². The lowest BCUT2D eigenvalue weighted by atomic mass is 10.1. The molecule has 1 fully saturated rings. The molecule has 2 rings (SSSR count). The summed E-state index contributed by atoms with van der Waals surface area (Å²) in [4.78, 5) is 25.5. The Morgan fingerprint density at radius 2 is 2.20 bits per heavy atom. The molecule has 0 aliphatic carbocycles. The first kappa shape index (κ1) is 14.1. The molecule has 1 aliphatic rings. The number of hydrogen-bond acceptors (Lipinski definition) is 4. The molecule has 1 saturated heterocycles. The Hall–Kier alpha value is -2.28. The zero-order valence-electron chi connectivity index (χ0n) is 11.2. The minimum absolute atomic E-state index is 0.0385. The number of thiocarbonyl (C=S) groups is 1. The van der Waals surface area contributed by atoms with Crippen LogP contribution in [-0.4, -0.2) is 38.2 Å². The summed E-state index contributed by atoms with van der Waals surface area (Å²) >= 11 is 4.98. The summed E-state index contributed by atoms with van der Waals surface area (Å²) in [5, 5.41) is 6.76. The molecular weight excluding hydrogens is 276 g/mol. The fourth-order valence-electron chi connectivity index (χ4n) is 1.90. The highest BCUT2D eigenvalue weighted by atomic mass is 32.1. The van der Waals surface area contributed by atoms with Crippen molar-refractivity contribution in [2.45, 2.75) is 6.92 Å². The Morgan fingerprint density at radius 3 is 2.75 bits per heavy atom. The second-order valence-corrected chi connectivity index (χ2v) is 4.75. The van der Waals surface area contributed by atoms with E-state index in [0.717, 1.165) is 11.3 Å². The molecule has 0 radical (unpaired) electrons. The topological polar surface area (TPSA) is 67.2 Å². The van der Waals surface area contributed by atoms with Crippen LogP contribution in [0.2, 0.25) is 0 Å². The third-order valence-corrected chi connectivity index (χ3v) is 3.17. The fraction of sp³-hybridized carbons (Fsp3) is 0.231. The molecule has 0 unspecified atom stereocenters. The van der Waals surface area contributed by atoms with Gasteiger partial charge < -0.3 is 0 Å². The predicted octanol–water partition coefficient (Wildman–Crippen LogP) is 0.541. The van der Waals surface area contributed by atoms with E-state index >= 15 is 0 Å². The van der Waals surface area contributed by atoms with Gasteiger partial charge in [-0.15, -0.1) is 6.58 Å². The quantitative estimate of drug-likeness (QED) is 0.382. The number of aryl methyl sites for hydroxylation is 2. The molecule has 0 saturated carbocycles. The highest BCUT2D eigenvalue weighted by Crippen LogP contribution is 2.16. The van der Waals surface area contributed by atoms with Gasteiger partial charge >= 0.3 is 0 Å². The molecule has 2 amide bonds. The molecule has 2 heterocycles. The van der Waals surface area contributed by atoms with Gasteiger partial charge in [0.2, 0.25) is 0 Å². The maximum Gasteiger partial charge on any atom is 0.265 e. The van der Waals surface area contributed by atoms with E-state index in [1.54, 1.807) is 24.0 Å². The average Bonchev–Trinajstić information content (AvgIpc) is 2.68. The van der Waals surface area contributed by atoms with Crippen molar-refractivity contribution in [2.75, 3.05) is 6.54 Å². The summed E-state index contributed by atoms with van der Waals surface area (Å²) in [5.41, 5.74) is 1.50. The van der Waals surface area contributed by atoms with Crippen LogP contribution >= 0.6 is 12.2 Å². The number of carbonyl (C=O) groups excluding carboxylic acids is 2. The molecule has 0 bridgehead atoms. The fourth-order valence-corrected chi connectivity index (χ4v) is 2.15. The number of aromatic nitrogens is 2. The zero-order valence-corrected chi connectivity index (χ0v) is 12.0. The first-order valence-electron chi connectivity index (χ1n) is 5.94. The van der Waals surface area contributed by atoms with E-state index in [0.29, 0.717) is 0 Å². The zero-order chi connectivity index (χ0) is 14.9. The van der Waals surface area contributed by atoms with Gasteiger partial charge in [0.15, 0.2) is 5.11 Å². The van der Waals surface area contributed by atoms with Crippen LogP contribution in [0.25, 0.3) is 6.08 Å². The Kier molecular flexibility index (Phi) is 3.80. The van der Waals surface area contributed by atoms with Crippen molar-refractivity contribution in [1.82, 2.24) is 20.0 Å². The highest BCUT2D eigenvalue weighted by Gasteiger charge is 2.32. The lowest BCUT2D eigenvalue weighted by Crippen LogP contribution is -2.53. The van der Waals surface area contributed by atoms with E-state index < -0.39 is 11.8 Å². The molecule has 0 atom stereocenters. The summed E-state index contributed by atoms with van der Waals surface area (Å²) in [7, 11) is 1.77.